The van der Waals surface area contributed by atoms with Crippen molar-refractivity contribution in [2.75, 3.05) is 0 Å². The molecule has 0 bridgehead atoms. The van der Waals surface area contributed by atoms with Gasteiger partial charge in [0.15, 0.2) is 0 Å². The number of hydrogen-bond donors (Lipinski definition) is 0. The van der Waals surface area contributed by atoms with Gasteiger partial charge in [-0.15, -0.1) is 0 Å². The lowest BCUT2D eigenvalue weighted by Crippen LogP contribution is -1.97. The van der Waals surface area contributed by atoms with E-state index >= 15 is 0 Å². The summed E-state index contributed by atoms with van der Waals surface area (Å²) in [5.74, 6) is 0.948. The topological polar surface area (TPSA) is 22.2 Å². The maximum atomic E-state index is 5.10. The fourth-order valence-electron chi connectivity index (χ4n) is 6.88. The summed E-state index contributed by atoms with van der Waals surface area (Å²) >= 11 is 0. The third kappa shape index (κ3) is 3.25. The molecule has 3 nitrogen and oxygen atoms in total. The molecule has 0 atom stereocenters. The van der Waals surface area contributed by atoms with E-state index in [0.29, 0.717) is 0 Å². The van der Waals surface area contributed by atoms with Crippen LogP contribution in [0, 0.1) is 13.8 Å². The smallest absolute Gasteiger partial charge is 0.145 e. The van der Waals surface area contributed by atoms with E-state index in [1.807, 2.05) is 0 Å². The van der Waals surface area contributed by atoms with Crippen molar-refractivity contribution in [2.45, 2.75) is 13.8 Å². The highest BCUT2D eigenvalue weighted by atomic mass is 15.1. The highest BCUT2D eigenvalue weighted by Gasteiger charge is 2.19. The molecule has 3 heteroatoms. The fraction of sp³-hybridized carbons (Fsp3) is 0.0513. The Kier molecular flexibility index (Phi) is 4.74. The summed E-state index contributed by atoms with van der Waals surface area (Å²) < 4.78 is 4.72. The van der Waals surface area contributed by atoms with Gasteiger partial charge in [0, 0.05) is 32.8 Å². The Morgan fingerprint density at radius 1 is 0.476 bits per heavy atom. The molecule has 9 rings (SSSR count). The number of rotatable bonds is 3. The van der Waals surface area contributed by atoms with Crippen molar-refractivity contribution in [2.24, 2.45) is 0 Å². The third-order valence-corrected chi connectivity index (χ3v) is 8.72. The van der Waals surface area contributed by atoms with Crippen LogP contribution in [-0.2, 0) is 0 Å². The van der Waals surface area contributed by atoms with Crippen molar-refractivity contribution in [3.8, 4) is 28.2 Å². The summed E-state index contributed by atoms with van der Waals surface area (Å²) in [4.78, 5) is 5.10. The lowest BCUT2D eigenvalue weighted by molar-refractivity contribution is 1.10. The van der Waals surface area contributed by atoms with Crippen molar-refractivity contribution in [3.63, 3.8) is 0 Å². The number of hydrogen-bond acceptors (Lipinski definition) is 1. The van der Waals surface area contributed by atoms with E-state index in [-0.39, 0.29) is 0 Å². The Morgan fingerprint density at radius 2 is 1.14 bits per heavy atom. The molecule has 0 spiro atoms. The maximum Gasteiger partial charge on any atom is 0.145 e. The minimum atomic E-state index is 0.948. The predicted molar refractivity (Wildman–Crippen MR) is 176 cm³/mol. The number of nitrogens with zero attached hydrogens (tertiary/aromatic N) is 3. The molecule has 0 radical (unpaired) electrons. The van der Waals surface area contributed by atoms with Crippen molar-refractivity contribution in [3.05, 3.63) is 139 Å². The summed E-state index contributed by atoms with van der Waals surface area (Å²) in [6.45, 7) is 4.38. The molecule has 0 unspecified atom stereocenters. The standard InChI is InChI=1S/C39H27N3/c1-24-15-17-35-30(19-24)32-20-25(2)21-33-31-23-27(16-18-36(31)42(35)38(32)33)26-9-8-10-28(22-26)39-40-34-13-6-7-14-37(34)41(39)29-11-4-3-5-12-29/h3-23H,1-2H3. The van der Waals surface area contributed by atoms with E-state index in [2.05, 4.69) is 150 Å². The fourth-order valence-corrected chi connectivity index (χ4v) is 6.88. The van der Waals surface area contributed by atoms with Crippen LogP contribution in [0.4, 0.5) is 0 Å². The first kappa shape index (κ1) is 23.3. The Balaban J connectivity index is 1.26. The van der Waals surface area contributed by atoms with Gasteiger partial charge in [-0.05, 0) is 97.3 Å². The lowest BCUT2D eigenvalue weighted by Gasteiger charge is -2.11. The summed E-state index contributed by atoms with van der Waals surface area (Å²) in [6.07, 6.45) is 0. The minimum Gasteiger partial charge on any atom is -0.308 e. The lowest BCUT2D eigenvalue weighted by atomic mass is 9.99. The molecule has 0 aliphatic carbocycles. The Morgan fingerprint density at radius 3 is 1.98 bits per heavy atom. The van der Waals surface area contributed by atoms with E-state index in [4.69, 9.17) is 4.98 Å². The summed E-state index contributed by atoms with van der Waals surface area (Å²) in [5, 5.41) is 5.28. The van der Waals surface area contributed by atoms with Crippen LogP contribution in [0.5, 0.6) is 0 Å². The van der Waals surface area contributed by atoms with Crippen LogP contribution in [0.2, 0.25) is 0 Å². The number of para-hydroxylation sites is 3. The second-order valence-electron chi connectivity index (χ2n) is 11.5. The van der Waals surface area contributed by atoms with Crippen LogP contribution in [0.1, 0.15) is 11.1 Å². The van der Waals surface area contributed by atoms with Crippen LogP contribution in [0.15, 0.2) is 127 Å². The minimum absolute atomic E-state index is 0.948. The zero-order chi connectivity index (χ0) is 27.9. The predicted octanol–water partition coefficient (Wildman–Crippen LogP) is 10.1. The number of fused-ring (bicyclic) bond motifs is 7. The maximum absolute atomic E-state index is 5.10. The number of imidazole rings is 1. The van der Waals surface area contributed by atoms with E-state index in [1.165, 1.54) is 60.3 Å². The summed E-state index contributed by atoms with van der Waals surface area (Å²) in [6, 6.07) is 46.1. The van der Waals surface area contributed by atoms with E-state index in [0.717, 1.165) is 28.1 Å². The van der Waals surface area contributed by atoms with Crippen LogP contribution in [0.3, 0.4) is 0 Å². The molecule has 0 aliphatic heterocycles. The van der Waals surface area contributed by atoms with Gasteiger partial charge in [-0.1, -0.05) is 66.2 Å². The van der Waals surface area contributed by atoms with E-state index in [9.17, 15) is 0 Å². The van der Waals surface area contributed by atoms with Gasteiger partial charge in [-0.3, -0.25) is 4.57 Å². The molecule has 0 N–H and O–H groups in total. The Bertz CT molecular complexity index is 2480. The molecule has 0 saturated heterocycles. The van der Waals surface area contributed by atoms with Crippen molar-refractivity contribution >= 4 is 49.1 Å². The van der Waals surface area contributed by atoms with E-state index in [1.54, 1.807) is 0 Å². The average Bonchev–Trinajstić information content (AvgIpc) is 3.67. The van der Waals surface area contributed by atoms with Crippen LogP contribution in [0.25, 0.3) is 77.3 Å². The van der Waals surface area contributed by atoms with Gasteiger partial charge in [0.1, 0.15) is 5.82 Å². The van der Waals surface area contributed by atoms with Crippen LogP contribution < -0.4 is 0 Å². The van der Waals surface area contributed by atoms with Crippen LogP contribution in [-0.4, -0.2) is 14.0 Å². The number of aromatic nitrogens is 3. The zero-order valence-corrected chi connectivity index (χ0v) is 23.5. The first-order valence-corrected chi connectivity index (χ1v) is 14.5. The first-order chi connectivity index (χ1) is 20.6. The normalized spacial score (nSPS) is 12.0. The third-order valence-electron chi connectivity index (χ3n) is 8.72. The molecule has 42 heavy (non-hydrogen) atoms. The molecule has 3 aromatic heterocycles. The van der Waals surface area contributed by atoms with Gasteiger partial charge in [-0.25, -0.2) is 4.98 Å². The number of benzene rings is 6. The molecule has 3 heterocycles. The van der Waals surface area contributed by atoms with Crippen LogP contribution >= 0.6 is 0 Å². The van der Waals surface area contributed by atoms with Gasteiger partial charge >= 0.3 is 0 Å². The van der Waals surface area contributed by atoms with Crippen molar-refractivity contribution in [1.82, 2.24) is 14.0 Å². The second kappa shape index (κ2) is 8.55. The first-order valence-electron chi connectivity index (χ1n) is 14.5. The van der Waals surface area contributed by atoms with Crippen molar-refractivity contribution < 1.29 is 0 Å². The molecule has 9 aromatic rings. The molecule has 198 valence electrons. The SMILES string of the molecule is Cc1ccc2c(c1)c1cc(C)cc3c4cc(-c5cccc(-c6nc7ccccc7n6-c6ccccc6)c5)ccc4n2c13. The molecule has 0 saturated carbocycles. The van der Waals surface area contributed by atoms with Crippen molar-refractivity contribution in [1.29, 1.82) is 0 Å². The summed E-state index contributed by atoms with van der Waals surface area (Å²) in [7, 11) is 0. The Labute approximate surface area is 243 Å². The molecular weight excluding hydrogens is 510 g/mol. The molecule has 0 aliphatic rings. The van der Waals surface area contributed by atoms with E-state index < -0.39 is 0 Å². The second-order valence-corrected chi connectivity index (χ2v) is 11.5. The highest BCUT2D eigenvalue weighted by Crippen LogP contribution is 2.41. The Hall–Kier alpha value is -5.41. The van der Waals surface area contributed by atoms with Gasteiger partial charge in [0.05, 0.1) is 27.6 Å². The van der Waals surface area contributed by atoms with Gasteiger partial charge in [0.25, 0.3) is 0 Å². The summed E-state index contributed by atoms with van der Waals surface area (Å²) in [5.41, 5.74) is 13.1. The molecule has 0 amide bonds. The van der Waals surface area contributed by atoms with Gasteiger partial charge in [0.2, 0.25) is 0 Å². The highest BCUT2D eigenvalue weighted by molar-refractivity contribution is 6.24. The zero-order valence-electron chi connectivity index (χ0n) is 23.5. The van der Waals surface area contributed by atoms with Gasteiger partial charge in [-0.2, -0.15) is 0 Å². The quantitative estimate of drug-likeness (QED) is 0.220. The number of aryl methyl sites for hydroxylation is 2. The molecular formula is C39H27N3. The molecule has 0 fully saturated rings. The molecule has 6 aromatic carbocycles. The van der Waals surface area contributed by atoms with Gasteiger partial charge < -0.3 is 4.40 Å². The monoisotopic (exact) mass is 537 g/mol. The largest absolute Gasteiger partial charge is 0.308 e. The average molecular weight is 538 g/mol.